The highest BCUT2D eigenvalue weighted by atomic mass is 35.5. The monoisotopic (exact) mass is 446 g/mol. The first-order valence-corrected chi connectivity index (χ1v) is 9.85. The van der Waals surface area contributed by atoms with Crippen molar-refractivity contribution in [2.75, 3.05) is 0 Å². The molecule has 0 amide bonds. The Balaban J connectivity index is 2.08. The Morgan fingerprint density at radius 3 is 2.38 bits per heavy atom. The lowest BCUT2D eigenvalue weighted by atomic mass is 10.1. The second-order valence-electron chi connectivity index (χ2n) is 6.51. The van der Waals surface area contributed by atoms with Crippen molar-refractivity contribution in [1.82, 2.24) is 9.55 Å². The van der Waals surface area contributed by atoms with Gasteiger partial charge < -0.3 is 0 Å². The molecular formula is C22H14Cl2F2N2S. The van der Waals surface area contributed by atoms with Crippen molar-refractivity contribution in [3.63, 3.8) is 0 Å². The van der Waals surface area contributed by atoms with E-state index in [9.17, 15) is 4.39 Å². The summed E-state index contributed by atoms with van der Waals surface area (Å²) in [7, 11) is 0. The molecule has 146 valence electrons. The molecule has 1 aromatic heterocycles. The normalized spacial score (nSPS) is 11.1. The molecule has 4 aromatic rings. The Bertz CT molecular complexity index is 1240. The number of halogens is 4. The zero-order valence-corrected chi connectivity index (χ0v) is 17.5. The van der Waals surface area contributed by atoms with E-state index < -0.39 is 11.6 Å². The van der Waals surface area contributed by atoms with E-state index in [-0.39, 0.29) is 15.7 Å². The van der Waals surface area contributed by atoms with Crippen LogP contribution in [-0.4, -0.2) is 9.55 Å². The third-order valence-electron chi connectivity index (χ3n) is 4.50. The lowest BCUT2D eigenvalue weighted by molar-refractivity contribution is 0.619. The summed E-state index contributed by atoms with van der Waals surface area (Å²) in [4.78, 5) is 4.58. The molecule has 0 unspecified atom stereocenters. The van der Waals surface area contributed by atoms with Gasteiger partial charge in [-0.3, -0.25) is 4.57 Å². The molecule has 29 heavy (non-hydrogen) atoms. The summed E-state index contributed by atoms with van der Waals surface area (Å²) in [5, 5.41) is 0.283. The maximum Gasteiger partial charge on any atom is 0.165 e. The highest BCUT2D eigenvalue weighted by Gasteiger charge is 2.23. The third kappa shape index (κ3) is 3.66. The zero-order valence-electron chi connectivity index (χ0n) is 15.1. The first kappa shape index (κ1) is 20.0. The fraction of sp³-hybridized carbons (Fsp3) is 0.0455. The van der Waals surface area contributed by atoms with E-state index in [1.165, 1.54) is 18.2 Å². The number of hydrogen-bond acceptors (Lipinski definition) is 2. The van der Waals surface area contributed by atoms with Crippen molar-refractivity contribution in [3.8, 4) is 28.3 Å². The highest BCUT2D eigenvalue weighted by molar-refractivity contribution is 7.80. The molecule has 0 N–H and O–H groups in total. The lowest BCUT2D eigenvalue weighted by Crippen LogP contribution is -2.03. The van der Waals surface area contributed by atoms with Gasteiger partial charge in [-0.2, -0.15) is 0 Å². The van der Waals surface area contributed by atoms with Gasteiger partial charge in [0.15, 0.2) is 5.82 Å². The minimum Gasteiger partial charge on any atom is -0.288 e. The van der Waals surface area contributed by atoms with Gasteiger partial charge >= 0.3 is 0 Å². The molecule has 2 nitrogen and oxygen atoms in total. The molecule has 7 heteroatoms. The van der Waals surface area contributed by atoms with E-state index in [0.29, 0.717) is 22.1 Å². The first-order chi connectivity index (χ1) is 13.9. The predicted octanol–water partition coefficient (Wildman–Crippen LogP) is 7.39. The number of benzene rings is 3. The molecular weight excluding hydrogens is 433 g/mol. The number of imidazole rings is 1. The van der Waals surface area contributed by atoms with Gasteiger partial charge in [0.2, 0.25) is 0 Å². The number of thiol groups is 1. The molecule has 0 bridgehead atoms. The van der Waals surface area contributed by atoms with Crippen molar-refractivity contribution in [2.45, 2.75) is 11.9 Å². The van der Waals surface area contributed by atoms with Crippen LogP contribution in [0.1, 0.15) is 5.56 Å². The van der Waals surface area contributed by atoms with Crippen LogP contribution in [0.25, 0.3) is 28.3 Å². The van der Waals surface area contributed by atoms with Crippen LogP contribution in [0.15, 0.2) is 65.7 Å². The molecule has 0 saturated carbocycles. The smallest absolute Gasteiger partial charge is 0.165 e. The second-order valence-corrected chi connectivity index (χ2v) is 7.75. The Hall–Kier alpha value is -2.34. The molecule has 1 heterocycles. The number of nitrogens with zero attached hydrogens (tertiary/aromatic N) is 2. The van der Waals surface area contributed by atoms with Crippen LogP contribution in [0.5, 0.6) is 0 Å². The van der Waals surface area contributed by atoms with Gasteiger partial charge in [0.1, 0.15) is 16.7 Å². The quantitative estimate of drug-likeness (QED) is 0.324. The van der Waals surface area contributed by atoms with E-state index in [1.54, 1.807) is 22.8 Å². The van der Waals surface area contributed by atoms with Crippen LogP contribution < -0.4 is 0 Å². The maximum absolute atomic E-state index is 15.0. The lowest BCUT2D eigenvalue weighted by Gasteiger charge is -2.15. The largest absolute Gasteiger partial charge is 0.288 e. The van der Waals surface area contributed by atoms with Gasteiger partial charge in [0, 0.05) is 11.1 Å². The van der Waals surface area contributed by atoms with Crippen molar-refractivity contribution in [2.24, 2.45) is 0 Å². The number of hydrogen-bond donors (Lipinski definition) is 1. The van der Waals surface area contributed by atoms with Crippen LogP contribution in [-0.2, 0) is 0 Å². The Morgan fingerprint density at radius 1 is 0.897 bits per heavy atom. The average Bonchev–Trinajstić information content (AvgIpc) is 3.03. The van der Waals surface area contributed by atoms with Crippen LogP contribution >= 0.6 is 35.8 Å². The molecule has 0 aliphatic rings. The molecule has 3 aromatic carbocycles. The van der Waals surface area contributed by atoms with Gasteiger partial charge in [-0.15, -0.1) is 12.6 Å². The Morgan fingerprint density at radius 2 is 1.66 bits per heavy atom. The minimum absolute atomic E-state index is 0.0183. The summed E-state index contributed by atoms with van der Waals surface area (Å²) >= 11 is 16.6. The molecule has 4 rings (SSSR count). The summed E-state index contributed by atoms with van der Waals surface area (Å²) < 4.78 is 30.4. The van der Waals surface area contributed by atoms with Crippen molar-refractivity contribution in [1.29, 1.82) is 0 Å². The summed E-state index contributed by atoms with van der Waals surface area (Å²) in [5.74, 6) is -0.659. The van der Waals surface area contributed by atoms with Gasteiger partial charge in [-0.1, -0.05) is 53.0 Å². The molecule has 0 aliphatic heterocycles. The molecule has 0 radical (unpaired) electrons. The van der Waals surface area contributed by atoms with Crippen LogP contribution in [0.3, 0.4) is 0 Å². The van der Waals surface area contributed by atoms with Crippen molar-refractivity contribution >= 4 is 35.8 Å². The van der Waals surface area contributed by atoms with Crippen LogP contribution in [0, 0.1) is 18.6 Å². The van der Waals surface area contributed by atoms with E-state index >= 15 is 4.39 Å². The molecule has 0 spiro atoms. The van der Waals surface area contributed by atoms with Gasteiger partial charge in [0.05, 0.1) is 21.4 Å². The topological polar surface area (TPSA) is 17.8 Å². The predicted molar refractivity (Wildman–Crippen MR) is 116 cm³/mol. The van der Waals surface area contributed by atoms with Gasteiger partial charge in [-0.25, -0.2) is 13.8 Å². The van der Waals surface area contributed by atoms with Crippen molar-refractivity contribution < 1.29 is 8.78 Å². The molecule has 0 atom stereocenters. The molecule has 0 aliphatic carbocycles. The number of aryl methyl sites for hydroxylation is 1. The Kier molecular flexibility index (Phi) is 5.38. The standard InChI is InChI=1S/C22H14Cl2F2N2S/c1-12-4-2-5-14(10-12)21-27-22(29)20(13-8-9-17(25)16(24)11-13)28(21)18-7-3-6-15(23)19(18)26/h2-11,29H,1H3. The van der Waals surface area contributed by atoms with E-state index in [2.05, 4.69) is 17.6 Å². The highest BCUT2D eigenvalue weighted by Crippen LogP contribution is 2.38. The Labute approximate surface area is 182 Å². The summed E-state index contributed by atoms with van der Waals surface area (Å²) in [6, 6.07) is 16.7. The molecule has 0 saturated heterocycles. The SMILES string of the molecule is Cc1cccc(-c2nc(S)c(-c3ccc(F)c(Cl)c3)n2-c2cccc(Cl)c2F)c1. The summed E-state index contributed by atoms with van der Waals surface area (Å²) in [6.45, 7) is 1.96. The van der Waals surface area contributed by atoms with E-state index in [1.807, 2.05) is 31.2 Å². The summed E-state index contributed by atoms with van der Waals surface area (Å²) in [6.07, 6.45) is 0. The number of rotatable bonds is 3. The minimum atomic E-state index is -0.594. The number of aromatic nitrogens is 2. The maximum atomic E-state index is 15.0. The van der Waals surface area contributed by atoms with Gasteiger partial charge in [0.25, 0.3) is 0 Å². The molecule has 0 fully saturated rings. The zero-order chi connectivity index (χ0) is 20.7. The van der Waals surface area contributed by atoms with Crippen molar-refractivity contribution in [3.05, 3.63) is 87.9 Å². The van der Waals surface area contributed by atoms with Crippen LogP contribution in [0.4, 0.5) is 8.78 Å². The van der Waals surface area contributed by atoms with E-state index in [4.69, 9.17) is 23.2 Å². The van der Waals surface area contributed by atoms with Gasteiger partial charge in [-0.05, 0) is 43.3 Å². The fourth-order valence-electron chi connectivity index (χ4n) is 3.19. The van der Waals surface area contributed by atoms with E-state index in [0.717, 1.165) is 11.1 Å². The fourth-order valence-corrected chi connectivity index (χ4v) is 3.86. The third-order valence-corrected chi connectivity index (χ3v) is 5.39. The van der Waals surface area contributed by atoms with Crippen LogP contribution in [0.2, 0.25) is 10.0 Å². The summed E-state index contributed by atoms with van der Waals surface area (Å²) in [5.41, 5.74) is 3.03. The first-order valence-electron chi connectivity index (χ1n) is 8.65. The average molecular weight is 447 g/mol. The second kappa shape index (κ2) is 7.82.